The van der Waals surface area contributed by atoms with Crippen molar-refractivity contribution in [2.45, 2.75) is 33.8 Å². The van der Waals surface area contributed by atoms with E-state index in [9.17, 15) is 14.4 Å². The number of halogens is 1. The largest absolute Gasteiger partial charge is 0.481 e. The molecule has 4 rings (SSSR count). The zero-order chi connectivity index (χ0) is 28.8. The van der Waals surface area contributed by atoms with Gasteiger partial charge in [0.2, 0.25) is 0 Å². The molecule has 0 spiro atoms. The van der Waals surface area contributed by atoms with Crippen molar-refractivity contribution in [3.63, 3.8) is 0 Å². The lowest BCUT2D eigenvalue weighted by molar-refractivity contribution is -0.122. The van der Waals surface area contributed by atoms with Crippen LogP contribution in [-0.2, 0) is 9.53 Å². The Kier molecular flexibility index (Phi) is 9.24. The molecule has 0 fully saturated rings. The number of esters is 1. The molecule has 0 saturated heterocycles. The van der Waals surface area contributed by atoms with Gasteiger partial charge >= 0.3 is 5.97 Å². The van der Waals surface area contributed by atoms with Crippen LogP contribution in [0, 0.1) is 13.8 Å². The number of carbonyl (C=O) groups excluding carboxylic acids is 3. The number of hydrogen-bond acceptors (Lipinski definition) is 6. The highest BCUT2D eigenvalue weighted by Crippen LogP contribution is 2.40. The highest BCUT2D eigenvalue weighted by molar-refractivity contribution is 7.17. The zero-order valence-corrected chi connectivity index (χ0v) is 24.1. The SMILES string of the molecule is CCOC(=O)c1c(NC(=O)c2ccc(O[C@H](C)C(=O)Nc3cc(Cl)ccc3C)cc2)sc(C)c1-c1ccccc1. The van der Waals surface area contributed by atoms with Gasteiger partial charge < -0.3 is 20.1 Å². The van der Waals surface area contributed by atoms with E-state index < -0.39 is 12.1 Å². The molecule has 0 unspecified atom stereocenters. The Labute approximate surface area is 242 Å². The van der Waals surface area contributed by atoms with Gasteiger partial charge in [0, 0.05) is 26.7 Å². The van der Waals surface area contributed by atoms with Gasteiger partial charge in [-0.05, 0) is 75.2 Å². The molecule has 2 N–H and O–H groups in total. The first-order valence-electron chi connectivity index (χ1n) is 12.7. The number of ether oxygens (including phenoxy) is 2. The van der Waals surface area contributed by atoms with Crippen LogP contribution in [0.25, 0.3) is 11.1 Å². The second-order valence-electron chi connectivity index (χ2n) is 9.01. The normalized spacial score (nSPS) is 11.4. The highest BCUT2D eigenvalue weighted by Gasteiger charge is 2.26. The van der Waals surface area contributed by atoms with E-state index in [1.54, 1.807) is 50.2 Å². The third-order valence-electron chi connectivity index (χ3n) is 6.11. The summed E-state index contributed by atoms with van der Waals surface area (Å²) in [5.74, 6) is -0.793. The number of nitrogens with one attached hydrogen (secondary N) is 2. The van der Waals surface area contributed by atoms with Crippen molar-refractivity contribution in [2.75, 3.05) is 17.2 Å². The Balaban J connectivity index is 1.47. The molecule has 1 aromatic heterocycles. The van der Waals surface area contributed by atoms with E-state index in [0.717, 1.165) is 21.6 Å². The van der Waals surface area contributed by atoms with Crippen molar-refractivity contribution in [3.05, 3.63) is 99.4 Å². The van der Waals surface area contributed by atoms with Gasteiger partial charge in [0.15, 0.2) is 6.10 Å². The van der Waals surface area contributed by atoms with E-state index in [-0.39, 0.29) is 18.4 Å². The molecule has 0 bridgehead atoms. The Morgan fingerprint density at radius 2 is 1.65 bits per heavy atom. The molecule has 206 valence electrons. The number of carbonyl (C=O) groups is 3. The molecule has 0 saturated carbocycles. The maximum absolute atomic E-state index is 13.1. The van der Waals surface area contributed by atoms with Crippen molar-refractivity contribution in [1.82, 2.24) is 0 Å². The fourth-order valence-electron chi connectivity index (χ4n) is 4.06. The minimum atomic E-state index is -0.796. The van der Waals surface area contributed by atoms with Crippen LogP contribution in [0.3, 0.4) is 0 Å². The summed E-state index contributed by atoms with van der Waals surface area (Å²) >= 11 is 7.36. The monoisotopic (exact) mass is 576 g/mol. The molecule has 1 atom stereocenters. The summed E-state index contributed by atoms with van der Waals surface area (Å²) < 4.78 is 11.1. The average molecular weight is 577 g/mol. The van der Waals surface area contributed by atoms with Gasteiger partial charge in [-0.1, -0.05) is 48.0 Å². The summed E-state index contributed by atoms with van der Waals surface area (Å²) in [5, 5.41) is 6.63. The molecule has 0 aliphatic carbocycles. The Morgan fingerprint density at radius 1 is 0.950 bits per heavy atom. The van der Waals surface area contributed by atoms with Crippen LogP contribution in [0.4, 0.5) is 10.7 Å². The van der Waals surface area contributed by atoms with Crippen LogP contribution < -0.4 is 15.4 Å². The number of anilines is 2. The Morgan fingerprint density at radius 3 is 2.33 bits per heavy atom. The Hall–Kier alpha value is -4.14. The summed E-state index contributed by atoms with van der Waals surface area (Å²) in [6.07, 6.45) is -0.796. The topological polar surface area (TPSA) is 93.7 Å². The maximum Gasteiger partial charge on any atom is 0.341 e. The third-order valence-corrected chi connectivity index (χ3v) is 7.37. The van der Waals surface area contributed by atoms with Gasteiger partial charge in [-0.3, -0.25) is 9.59 Å². The molecule has 3 aromatic carbocycles. The number of benzene rings is 3. The fourth-order valence-corrected chi connectivity index (χ4v) is 5.30. The van der Waals surface area contributed by atoms with Crippen LogP contribution >= 0.6 is 22.9 Å². The highest BCUT2D eigenvalue weighted by atomic mass is 35.5. The zero-order valence-electron chi connectivity index (χ0n) is 22.5. The number of amides is 2. The van der Waals surface area contributed by atoms with E-state index in [1.807, 2.05) is 50.2 Å². The van der Waals surface area contributed by atoms with Gasteiger partial charge in [0.05, 0.1) is 6.61 Å². The minimum Gasteiger partial charge on any atom is -0.481 e. The quantitative estimate of drug-likeness (QED) is 0.201. The summed E-state index contributed by atoms with van der Waals surface area (Å²) in [5.41, 5.74) is 3.79. The molecule has 0 aliphatic heterocycles. The lowest BCUT2D eigenvalue weighted by atomic mass is 10.0. The van der Waals surface area contributed by atoms with Crippen molar-refractivity contribution in [2.24, 2.45) is 0 Å². The standard InChI is InChI=1S/C31H29ClN2O5S/c1-5-38-31(37)27-26(21-9-7-6-8-10-21)20(4)40-30(27)34-29(36)22-12-15-24(16-13-22)39-19(3)28(35)33-25-17-23(32)14-11-18(25)2/h6-17,19H,5H2,1-4H3,(H,33,35)(H,34,36)/t19-/m1/s1. The smallest absolute Gasteiger partial charge is 0.341 e. The third kappa shape index (κ3) is 6.70. The lowest BCUT2D eigenvalue weighted by Gasteiger charge is -2.16. The molecule has 7 nitrogen and oxygen atoms in total. The van der Waals surface area contributed by atoms with Gasteiger partial charge in [-0.2, -0.15) is 0 Å². The maximum atomic E-state index is 13.1. The first-order chi connectivity index (χ1) is 19.2. The number of aryl methyl sites for hydroxylation is 2. The molecule has 4 aromatic rings. The summed E-state index contributed by atoms with van der Waals surface area (Å²) in [4.78, 5) is 39.6. The summed E-state index contributed by atoms with van der Waals surface area (Å²) in [7, 11) is 0. The number of hydrogen-bond donors (Lipinski definition) is 2. The van der Waals surface area contributed by atoms with Gasteiger partial charge in [-0.25, -0.2) is 4.79 Å². The van der Waals surface area contributed by atoms with E-state index in [2.05, 4.69) is 10.6 Å². The Bertz CT molecular complexity index is 1530. The molecular weight excluding hydrogens is 548 g/mol. The number of rotatable bonds is 9. The van der Waals surface area contributed by atoms with Crippen LogP contribution in [0.5, 0.6) is 5.75 Å². The molecule has 40 heavy (non-hydrogen) atoms. The molecule has 0 radical (unpaired) electrons. The van der Waals surface area contributed by atoms with Crippen LogP contribution in [0.2, 0.25) is 5.02 Å². The number of thiophene rings is 1. The lowest BCUT2D eigenvalue weighted by Crippen LogP contribution is -2.30. The summed E-state index contributed by atoms with van der Waals surface area (Å²) in [6.45, 7) is 7.37. The van der Waals surface area contributed by atoms with Crippen molar-refractivity contribution in [3.8, 4) is 16.9 Å². The second kappa shape index (κ2) is 12.8. The van der Waals surface area contributed by atoms with Crippen molar-refractivity contribution >= 4 is 51.4 Å². The molecule has 9 heteroatoms. The first kappa shape index (κ1) is 28.9. The van der Waals surface area contributed by atoms with E-state index in [1.165, 1.54) is 11.3 Å². The molecular formula is C31H29ClN2O5S. The first-order valence-corrected chi connectivity index (χ1v) is 13.9. The molecule has 1 heterocycles. The van der Waals surface area contributed by atoms with Crippen molar-refractivity contribution < 1.29 is 23.9 Å². The van der Waals surface area contributed by atoms with E-state index in [0.29, 0.717) is 32.6 Å². The van der Waals surface area contributed by atoms with Gasteiger partial charge in [-0.15, -0.1) is 11.3 Å². The van der Waals surface area contributed by atoms with Crippen LogP contribution in [0.15, 0.2) is 72.8 Å². The van der Waals surface area contributed by atoms with Gasteiger partial charge in [0.1, 0.15) is 16.3 Å². The predicted molar refractivity (Wildman–Crippen MR) is 160 cm³/mol. The fraction of sp³-hybridized carbons (Fsp3) is 0.194. The second-order valence-corrected chi connectivity index (χ2v) is 10.7. The van der Waals surface area contributed by atoms with E-state index >= 15 is 0 Å². The van der Waals surface area contributed by atoms with Crippen LogP contribution in [-0.4, -0.2) is 30.5 Å². The minimum absolute atomic E-state index is 0.214. The molecule has 0 aliphatic rings. The van der Waals surface area contributed by atoms with Crippen molar-refractivity contribution in [1.29, 1.82) is 0 Å². The van der Waals surface area contributed by atoms with Gasteiger partial charge in [0.25, 0.3) is 11.8 Å². The average Bonchev–Trinajstić information content (AvgIpc) is 3.26. The predicted octanol–water partition coefficient (Wildman–Crippen LogP) is 7.52. The summed E-state index contributed by atoms with van der Waals surface area (Å²) in [6, 6.07) is 21.2. The van der Waals surface area contributed by atoms with Crippen LogP contribution in [0.1, 0.15) is 45.0 Å². The molecule has 2 amide bonds. The van der Waals surface area contributed by atoms with E-state index in [4.69, 9.17) is 21.1 Å².